The molecule has 1 aromatic carbocycles. The molecule has 0 bridgehead atoms. The van der Waals surface area contributed by atoms with E-state index in [1.807, 2.05) is 0 Å². The van der Waals surface area contributed by atoms with Crippen LogP contribution >= 0.6 is 11.6 Å². The topological polar surface area (TPSA) is 53.1 Å². The molecule has 6 heteroatoms. The van der Waals surface area contributed by atoms with E-state index in [2.05, 4.69) is 5.10 Å². The van der Waals surface area contributed by atoms with Crippen molar-refractivity contribution < 1.29 is 9.13 Å². The molecule has 1 atom stereocenters. The number of anilines is 1. The van der Waals surface area contributed by atoms with E-state index in [4.69, 9.17) is 22.1 Å². The van der Waals surface area contributed by atoms with Gasteiger partial charge in [0, 0.05) is 18.6 Å². The molecule has 2 heterocycles. The molecule has 2 N–H and O–H groups in total. The second-order valence-corrected chi connectivity index (χ2v) is 4.98. The predicted molar refractivity (Wildman–Crippen MR) is 71.1 cm³/mol. The second-order valence-electron chi connectivity index (χ2n) is 4.57. The lowest BCUT2D eigenvalue weighted by molar-refractivity contribution is 0.193. The van der Waals surface area contributed by atoms with Crippen LogP contribution in [0, 0.1) is 5.82 Å². The molecule has 1 fully saturated rings. The Hall–Kier alpha value is -1.59. The molecule has 0 saturated carbocycles. The van der Waals surface area contributed by atoms with Gasteiger partial charge in [-0.3, -0.25) is 0 Å². The fraction of sp³-hybridized carbons (Fsp3) is 0.308. The van der Waals surface area contributed by atoms with Gasteiger partial charge in [-0.15, -0.1) is 0 Å². The van der Waals surface area contributed by atoms with Crippen molar-refractivity contribution in [1.29, 1.82) is 0 Å². The zero-order valence-electron chi connectivity index (χ0n) is 10.1. The minimum atomic E-state index is -0.473. The van der Waals surface area contributed by atoms with Crippen molar-refractivity contribution in [2.75, 3.05) is 18.9 Å². The van der Waals surface area contributed by atoms with Gasteiger partial charge in [-0.2, -0.15) is 5.10 Å². The number of benzene rings is 1. The maximum atomic E-state index is 13.4. The highest BCUT2D eigenvalue weighted by Gasteiger charge is 2.23. The van der Waals surface area contributed by atoms with E-state index in [0.717, 1.165) is 18.7 Å². The van der Waals surface area contributed by atoms with Gasteiger partial charge in [0.2, 0.25) is 0 Å². The van der Waals surface area contributed by atoms with Gasteiger partial charge in [0.25, 0.3) is 0 Å². The molecule has 1 saturated heterocycles. The zero-order valence-corrected chi connectivity index (χ0v) is 10.9. The Morgan fingerprint density at radius 3 is 3.00 bits per heavy atom. The van der Waals surface area contributed by atoms with Crippen LogP contribution in [0.4, 0.5) is 10.1 Å². The van der Waals surface area contributed by atoms with Crippen LogP contribution in [0.5, 0.6) is 0 Å². The van der Waals surface area contributed by atoms with E-state index in [9.17, 15) is 4.39 Å². The average Bonchev–Trinajstić information content (AvgIpc) is 3.01. The largest absolute Gasteiger partial charge is 0.396 e. The van der Waals surface area contributed by atoms with Crippen molar-refractivity contribution >= 4 is 17.3 Å². The zero-order chi connectivity index (χ0) is 13.4. The molecule has 0 amide bonds. The van der Waals surface area contributed by atoms with Crippen LogP contribution < -0.4 is 5.73 Å². The van der Waals surface area contributed by atoms with Crippen LogP contribution in [0.25, 0.3) is 5.69 Å². The van der Waals surface area contributed by atoms with Crippen molar-refractivity contribution in [3.8, 4) is 5.69 Å². The number of nitrogens with zero attached hydrogens (tertiary/aromatic N) is 2. The summed E-state index contributed by atoms with van der Waals surface area (Å²) in [6, 6.07) is 4.54. The number of hydrogen-bond donors (Lipinski definition) is 1. The van der Waals surface area contributed by atoms with Gasteiger partial charge < -0.3 is 10.5 Å². The fourth-order valence-electron chi connectivity index (χ4n) is 2.23. The third kappa shape index (κ3) is 2.31. The quantitative estimate of drug-likeness (QED) is 0.921. The van der Waals surface area contributed by atoms with Crippen molar-refractivity contribution in [1.82, 2.24) is 9.78 Å². The van der Waals surface area contributed by atoms with Gasteiger partial charge in [-0.1, -0.05) is 11.6 Å². The summed E-state index contributed by atoms with van der Waals surface area (Å²) < 4.78 is 20.4. The van der Waals surface area contributed by atoms with E-state index in [1.165, 1.54) is 12.1 Å². The highest BCUT2D eigenvalue weighted by Crippen LogP contribution is 2.29. The van der Waals surface area contributed by atoms with Gasteiger partial charge in [-0.05, 0) is 18.6 Å². The van der Waals surface area contributed by atoms with Crippen molar-refractivity contribution in [2.24, 2.45) is 0 Å². The van der Waals surface area contributed by atoms with Gasteiger partial charge in [-0.25, -0.2) is 9.07 Å². The minimum absolute atomic E-state index is 0.0910. The molecule has 0 radical (unpaired) electrons. The van der Waals surface area contributed by atoms with Crippen molar-refractivity contribution in [3.63, 3.8) is 0 Å². The highest BCUT2D eigenvalue weighted by molar-refractivity contribution is 6.30. The van der Waals surface area contributed by atoms with E-state index < -0.39 is 5.82 Å². The molecule has 2 aromatic rings. The summed E-state index contributed by atoms with van der Waals surface area (Å²) in [5.74, 6) is -0.252. The summed E-state index contributed by atoms with van der Waals surface area (Å²) in [5.41, 5.74) is 7.98. The van der Waals surface area contributed by atoms with Crippen LogP contribution in [0.2, 0.25) is 5.02 Å². The Morgan fingerprint density at radius 2 is 2.32 bits per heavy atom. The second kappa shape index (κ2) is 4.83. The summed E-state index contributed by atoms with van der Waals surface area (Å²) in [5, 5.41) is 4.53. The van der Waals surface area contributed by atoms with Crippen LogP contribution in [-0.2, 0) is 4.74 Å². The number of hydrogen-bond acceptors (Lipinski definition) is 3. The summed E-state index contributed by atoms with van der Waals surface area (Å²) in [7, 11) is 0. The smallest absolute Gasteiger partial charge is 0.143 e. The molecule has 19 heavy (non-hydrogen) atoms. The average molecular weight is 282 g/mol. The van der Waals surface area contributed by atoms with Crippen LogP contribution in [-0.4, -0.2) is 23.0 Å². The van der Waals surface area contributed by atoms with E-state index >= 15 is 0 Å². The molecule has 1 aliphatic heterocycles. The number of aromatic nitrogens is 2. The molecule has 1 unspecified atom stereocenters. The Balaban J connectivity index is 1.96. The Labute approximate surface area is 114 Å². The Morgan fingerprint density at radius 1 is 1.47 bits per heavy atom. The Bertz CT molecular complexity index is 608. The van der Waals surface area contributed by atoms with Gasteiger partial charge in [0.1, 0.15) is 5.82 Å². The summed E-state index contributed by atoms with van der Waals surface area (Å²) in [6.45, 7) is 1.36. The SMILES string of the molecule is Nc1cn(-c2ccc(Cl)c(F)c2)nc1C1CCOC1. The molecule has 3 rings (SSSR count). The van der Waals surface area contributed by atoms with Crippen molar-refractivity contribution in [3.05, 3.63) is 40.9 Å². The molecule has 1 aliphatic rings. The summed E-state index contributed by atoms with van der Waals surface area (Å²) in [6.07, 6.45) is 2.60. The lowest BCUT2D eigenvalue weighted by atomic mass is 10.0. The van der Waals surface area contributed by atoms with Crippen LogP contribution in [0.15, 0.2) is 24.4 Å². The lowest BCUT2D eigenvalue weighted by Crippen LogP contribution is -2.03. The van der Waals surface area contributed by atoms with Crippen LogP contribution in [0.1, 0.15) is 18.0 Å². The minimum Gasteiger partial charge on any atom is -0.396 e. The molecule has 0 spiro atoms. The highest BCUT2D eigenvalue weighted by atomic mass is 35.5. The maximum Gasteiger partial charge on any atom is 0.143 e. The monoisotopic (exact) mass is 281 g/mol. The molecular weight excluding hydrogens is 269 g/mol. The summed E-state index contributed by atoms with van der Waals surface area (Å²) >= 11 is 5.66. The third-order valence-electron chi connectivity index (χ3n) is 3.26. The first-order valence-electron chi connectivity index (χ1n) is 6.03. The van der Waals surface area contributed by atoms with Crippen molar-refractivity contribution in [2.45, 2.75) is 12.3 Å². The van der Waals surface area contributed by atoms with Gasteiger partial charge in [0.15, 0.2) is 0 Å². The number of halogens is 2. The van der Waals surface area contributed by atoms with Gasteiger partial charge in [0.05, 0.1) is 34.9 Å². The summed E-state index contributed by atoms with van der Waals surface area (Å²) in [4.78, 5) is 0. The molecule has 4 nitrogen and oxygen atoms in total. The van der Waals surface area contributed by atoms with E-state index in [1.54, 1.807) is 16.9 Å². The van der Waals surface area contributed by atoms with E-state index in [0.29, 0.717) is 18.0 Å². The Kier molecular flexibility index (Phi) is 3.16. The predicted octanol–water partition coefficient (Wildman–Crippen LogP) is 2.75. The first-order chi connectivity index (χ1) is 9.15. The maximum absolute atomic E-state index is 13.4. The first kappa shape index (κ1) is 12.4. The van der Waals surface area contributed by atoms with Crippen LogP contribution in [0.3, 0.4) is 0 Å². The lowest BCUT2D eigenvalue weighted by Gasteiger charge is -2.04. The van der Waals surface area contributed by atoms with Gasteiger partial charge >= 0.3 is 0 Å². The third-order valence-corrected chi connectivity index (χ3v) is 3.56. The number of ether oxygens (including phenoxy) is 1. The standard InChI is InChI=1S/C13H13ClFN3O/c14-10-2-1-9(5-11(10)15)18-6-12(16)13(17-18)8-3-4-19-7-8/h1-2,5-6,8H,3-4,7,16H2. The molecule has 0 aliphatic carbocycles. The normalized spacial score (nSPS) is 18.9. The number of nitrogen functional groups attached to an aromatic ring is 1. The number of nitrogens with two attached hydrogens (primary N) is 1. The van der Waals surface area contributed by atoms with E-state index in [-0.39, 0.29) is 10.9 Å². The fourth-order valence-corrected chi connectivity index (χ4v) is 2.35. The first-order valence-corrected chi connectivity index (χ1v) is 6.41. The molecule has 1 aromatic heterocycles. The molecule has 100 valence electrons. The molecular formula is C13H13ClFN3O. The number of rotatable bonds is 2.